The maximum atomic E-state index is 5.66. The van der Waals surface area contributed by atoms with E-state index in [4.69, 9.17) is 11.6 Å². The molecule has 2 rings (SSSR count). The van der Waals surface area contributed by atoms with E-state index in [1.54, 1.807) is 17.8 Å². The molecule has 1 fully saturated rings. The third-order valence-corrected chi connectivity index (χ3v) is 3.54. The molecule has 0 saturated carbocycles. The highest BCUT2D eigenvalue weighted by Gasteiger charge is 2.14. The molecule has 3 nitrogen and oxygen atoms in total. The van der Waals surface area contributed by atoms with Gasteiger partial charge in [0.25, 0.3) is 0 Å². The Balaban J connectivity index is 1.92. The lowest BCUT2D eigenvalue weighted by Gasteiger charge is -2.21. The fraction of sp³-hybridized carbons (Fsp3) is 0.556. The van der Waals surface area contributed by atoms with Crippen LogP contribution < -0.4 is 5.32 Å². The summed E-state index contributed by atoms with van der Waals surface area (Å²) in [5.41, 5.74) is 0. The van der Waals surface area contributed by atoms with E-state index in [9.17, 15) is 0 Å². The standard InChI is InChI=1S/C9H12ClN3S/c10-8-3-4-9(13-12-8)14-7-2-1-5-11-6-7/h3-4,7,11H,1-2,5-6H2. The Labute approximate surface area is 92.6 Å². The van der Waals surface area contributed by atoms with Crippen LogP contribution in [0.1, 0.15) is 12.8 Å². The Hall–Kier alpha value is -0.320. The minimum absolute atomic E-state index is 0.455. The summed E-state index contributed by atoms with van der Waals surface area (Å²) in [4.78, 5) is 0. The van der Waals surface area contributed by atoms with Crippen molar-refractivity contribution in [3.63, 3.8) is 0 Å². The van der Waals surface area contributed by atoms with Crippen LogP contribution in [-0.4, -0.2) is 28.5 Å². The van der Waals surface area contributed by atoms with Gasteiger partial charge in [0.1, 0.15) is 5.03 Å². The summed E-state index contributed by atoms with van der Waals surface area (Å²) in [6.45, 7) is 2.21. The van der Waals surface area contributed by atoms with E-state index in [1.807, 2.05) is 6.07 Å². The molecule has 76 valence electrons. The van der Waals surface area contributed by atoms with E-state index in [0.717, 1.165) is 18.1 Å². The van der Waals surface area contributed by atoms with Crippen LogP contribution in [-0.2, 0) is 0 Å². The molecule has 1 aromatic rings. The van der Waals surface area contributed by atoms with Crippen LogP contribution in [0, 0.1) is 0 Å². The van der Waals surface area contributed by atoms with E-state index in [0.29, 0.717) is 10.4 Å². The topological polar surface area (TPSA) is 37.8 Å². The van der Waals surface area contributed by atoms with Crippen molar-refractivity contribution in [2.75, 3.05) is 13.1 Å². The molecule has 14 heavy (non-hydrogen) atoms. The first kappa shape index (κ1) is 10.2. The summed E-state index contributed by atoms with van der Waals surface area (Å²) in [5.74, 6) is 0. The van der Waals surface area contributed by atoms with Gasteiger partial charge in [-0.3, -0.25) is 0 Å². The molecule has 0 spiro atoms. The van der Waals surface area contributed by atoms with Gasteiger partial charge in [0.2, 0.25) is 0 Å². The van der Waals surface area contributed by atoms with Crippen LogP contribution in [0.3, 0.4) is 0 Å². The van der Waals surface area contributed by atoms with Gasteiger partial charge < -0.3 is 5.32 Å². The Kier molecular flexibility index (Phi) is 3.61. The Bertz CT molecular complexity index is 285. The smallest absolute Gasteiger partial charge is 0.151 e. The summed E-state index contributed by atoms with van der Waals surface area (Å²) >= 11 is 7.44. The molecule has 0 amide bonds. The molecule has 1 aliphatic heterocycles. The van der Waals surface area contributed by atoms with Crippen LogP contribution in [0.25, 0.3) is 0 Å². The number of nitrogens with zero attached hydrogens (tertiary/aromatic N) is 2. The first-order valence-electron chi connectivity index (χ1n) is 4.71. The van der Waals surface area contributed by atoms with E-state index >= 15 is 0 Å². The van der Waals surface area contributed by atoms with Crippen molar-refractivity contribution in [1.82, 2.24) is 15.5 Å². The van der Waals surface area contributed by atoms with Crippen LogP contribution in [0.2, 0.25) is 5.15 Å². The van der Waals surface area contributed by atoms with Crippen molar-refractivity contribution in [2.45, 2.75) is 23.1 Å². The van der Waals surface area contributed by atoms with Gasteiger partial charge in [-0.15, -0.1) is 10.2 Å². The molecule has 1 unspecified atom stereocenters. The molecular weight excluding hydrogens is 218 g/mol. The molecule has 1 aliphatic rings. The highest BCUT2D eigenvalue weighted by atomic mass is 35.5. The molecule has 0 aromatic carbocycles. The molecule has 5 heteroatoms. The van der Waals surface area contributed by atoms with Crippen LogP contribution >= 0.6 is 23.4 Å². The summed E-state index contributed by atoms with van der Waals surface area (Å²) in [7, 11) is 0. The van der Waals surface area contributed by atoms with E-state index in [-0.39, 0.29) is 0 Å². The molecule has 0 bridgehead atoms. The lowest BCUT2D eigenvalue weighted by Crippen LogP contribution is -2.31. The van der Waals surface area contributed by atoms with Crippen molar-refractivity contribution in [3.8, 4) is 0 Å². The number of hydrogen-bond acceptors (Lipinski definition) is 4. The SMILES string of the molecule is Clc1ccc(SC2CCCNC2)nn1. The number of piperidine rings is 1. The fourth-order valence-corrected chi connectivity index (χ4v) is 2.62. The third kappa shape index (κ3) is 2.83. The average Bonchev–Trinajstić information content (AvgIpc) is 2.23. The number of rotatable bonds is 2. The average molecular weight is 230 g/mol. The minimum Gasteiger partial charge on any atom is -0.316 e. The largest absolute Gasteiger partial charge is 0.316 e. The number of hydrogen-bond donors (Lipinski definition) is 1. The zero-order valence-corrected chi connectivity index (χ0v) is 9.31. The molecule has 1 aromatic heterocycles. The first-order chi connectivity index (χ1) is 6.84. The quantitative estimate of drug-likeness (QED) is 0.842. The second-order valence-electron chi connectivity index (χ2n) is 3.28. The lowest BCUT2D eigenvalue weighted by molar-refractivity contribution is 0.531. The zero-order chi connectivity index (χ0) is 9.80. The molecule has 0 aliphatic carbocycles. The predicted molar refractivity (Wildman–Crippen MR) is 58.8 cm³/mol. The van der Waals surface area contributed by atoms with Crippen molar-refractivity contribution in [2.24, 2.45) is 0 Å². The van der Waals surface area contributed by atoms with Gasteiger partial charge in [-0.2, -0.15) is 0 Å². The number of halogens is 1. The van der Waals surface area contributed by atoms with Crippen LogP contribution in [0.4, 0.5) is 0 Å². The van der Waals surface area contributed by atoms with Crippen molar-refractivity contribution < 1.29 is 0 Å². The predicted octanol–water partition coefficient (Wildman–Crippen LogP) is 1.97. The Morgan fingerprint density at radius 3 is 3.00 bits per heavy atom. The second kappa shape index (κ2) is 4.96. The maximum absolute atomic E-state index is 5.66. The number of thioether (sulfide) groups is 1. The number of aromatic nitrogens is 2. The highest BCUT2D eigenvalue weighted by Crippen LogP contribution is 2.25. The molecule has 1 saturated heterocycles. The van der Waals surface area contributed by atoms with Gasteiger partial charge >= 0.3 is 0 Å². The Morgan fingerprint density at radius 2 is 2.36 bits per heavy atom. The molecule has 0 radical (unpaired) electrons. The van der Waals surface area contributed by atoms with Gasteiger partial charge in [-0.25, -0.2) is 0 Å². The van der Waals surface area contributed by atoms with E-state index in [2.05, 4.69) is 15.5 Å². The normalized spacial score (nSPS) is 22.2. The highest BCUT2D eigenvalue weighted by molar-refractivity contribution is 7.99. The van der Waals surface area contributed by atoms with Gasteiger partial charge in [-0.1, -0.05) is 23.4 Å². The van der Waals surface area contributed by atoms with Gasteiger partial charge in [0.15, 0.2) is 5.15 Å². The molecule has 1 N–H and O–H groups in total. The zero-order valence-electron chi connectivity index (χ0n) is 7.74. The fourth-order valence-electron chi connectivity index (χ4n) is 1.46. The lowest BCUT2D eigenvalue weighted by atomic mass is 10.2. The second-order valence-corrected chi connectivity index (χ2v) is 4.99. The Morgan fingerprint density at radius 1 is 1.43 bits per heavy atom. The van der Waals surface area contributed by atoms with Gasteiger partial charge in [0.05, 0.1) is 0 Å². The van der Waals surface area contributed by atoms with Crippen LogP contribution in [0.5, 0.6) is 0 Å². The van der Waals surface area contributed by atoms with Gasteiger partial charge in [-0.05, 0) is 31.5 Å². The maximum Gasteiger partial charge on any atom is 0.151 e. The summed E-state index contributed by atoms with van der Waals surface area (Å²) < 4.78 is 0. The monoisotopic (exact) mass is 229 g/mol. The number of nitrogens with one attached hydrogen (secondary N) is 1. The van der Waals surface area contributed by atoms with E-state index in [1.165, 1.54) is 12.8 Å². The van der Waals surface area contributed by atoms with Crippen molar-refractivity contribution in [1.29, 1.82) is 0 Å². The van der Waals surface area contributed by atoms with Crippen LogP contribution in [0.15, 0.2) is 17.2 Å². The third-order valence-electron chi connectivity index (χ3n) is 2.15. The summed E-state index contributed by atoms with van der Waals surface area (Å²) in [6.07, 6.45) is 2.50. The van der Waals surface area contributed by atoms with Gasteiger partial charge in [0, 0.05) is 11.8 Å². The van der Waals surface area contributed by atoms with Crippen molar-refractivity contribution in [3.05, 3.63) is 17.3 Å². The minimum atomic E-state index is 0.455. The van der Waals surface area contributed by atoms with Crippen molar-refractivity contribution >= 4 is 23.4 Å². The summed E-state index contributed by atoms with van der Waals surface area (Å²) in [5, 5.41) is 13.3. The molecule has 2 heterocycles. The summed E-state index contributed by atoms with van der Waals surface area (Å²) in [6, 6.07) is 3.71. The molecule has 1 atom stereocenters. The first-order valence-corrected chi connectivity index (χ1v) is 5.97. The van der Waals surface area contributed by atoms with E-state index < -0.39 is 0 Å². The molecular formula is C9H12ClN3S.